The van der Waals surface area contributed by atoms with E-state index in [9.17, 15) is 0 Å². The maximum Gasteiger partial charge on any atom is 0.0998 e. The zero-order chi connectivity index (χ0) is 9.84. The molecule has 0 unspecified atom stereocenters. The highest BCUT2D eigenvalue weighted by Gasteiger charge is 2.06. The fraction of sp³-hybridized carbons (Fsp3) is 0.556. The van der Waals surface area contributed by atoms with E-state index in [4.69, 9.17) is 18.0 Å². The summed E-state index contributed by atoms with van der Waals surface area (Å²) in [7, 11) is 0. The Labute approximate surface area is 88.2 Å². The van der Waals surface area contributed by atoms with E-state index in [1.54, 1.807) is 11.3 Å². The van der Waals surface area contributed by atoms with Gasteiger partial charge in [0.25, 0.3) is 0 Å². The van der Waals surface area contributed by atoms with Crippen molar-refractivity contribution in [3.05, 3.63) is 15.6 Å². The number of thiocarbonyl (C=S) groups is 1. The van der Waals surface area contributed by atoms with Crippen LogP contribution >= 0.6 is 23.6 Å². The Balaban J connectivity index is 2.76. The molecule has 13 heavy (non-hydrogen) atoms. The van der Waals surface area contributed by atoms with E-state index in [2.05, 4.69) is 18.8 Å². The van der Waals surface area contributed by atoms with Crippen LogP contribution in [0.25, 0.3) is 0 Å². The predicted octanol–water partition coefficient (Wildman–Crippen LogP) is 2.23. The molecule has 0 aliphatic rings. The second-order valence-corrected chi connectivity index (χ2v) is 4.82. The van der Waals surface area contributed by atoms with Gasteiger partial charge in [-0.2, -0.15) is 0 Å². The van der Waals surface area contributed by atoms with Gasteiger partial charge < -0.3 is 5.73 Å². The second-order valence-electron chi connectivity index (χ2n) is 3.00. The molecule has 0 amide bonds. The van der Waals surface area contributed by atoms with Gasteiger partial charge in [-0.1, -0.05) is 25.6 Å². The van der Waals surface area contributed by atoms with Crippen molar-refractivity contribution >= 4 is 28.5 Å². The van der Waals surface area contributed by atoms with Crippen LogP contribution in [0.4, 0.5) is 0 Å². The molecule has 1 rings (SSSR count). The number of aryl methyl sites for hydroxylation is 2. The van der Waals surface area contributed by atoms with Crippen LogP contribution in [0.2, 0.25) is 0 Å². The summed E-state index contributed by atoms with van der Waals surface area (Å²) >= 11 is 6.54. The maximum absolute atomic E-state index is 5.46. The molecule has 0 aromatic carbocycles. The van der Waals surface area contributed by atoms with Crippen molar-refractivity contribution in [3.63, 3.8) is 0 Å². The minimum Gasteiger partial charge on any atom is -0.393 e. The molecule has 0 aliphatic carbocycles. The number of hydrogen-bond acceptors (Lipinski definition) is 3. The summed E-state index contributed by atoms with van der Waals surface area (Å²) in [6.45, 7) is 4.26. The van der Waals surface area contributed by atoms with Crippen molar-refractivity contribution in [2.45, 2.75) is 33.1 Å². The highest BCUT2D eigenvalue weighted by Crippen LogP contribution is 2.19. The van der Waals surface area contributed by atoms with Crippen molar-refractivity contribution in [1.29, 1.82) is 0 Å². The summed E-state index contributed by atoms with van der Waals surface area (Å²) in [6, 6.07) is 0. The Bertz CT molecular complexity index is 305. The molecule has 0 saturated carbocycles. The summed E-state index contributed by atoms with van der Waals surface area (Å²) in [6.07, 6.45) is 2.83. The molecule has 0 saturated heterocycles. The van der Waals surface area contributed by atoms with Crippen LogP contribution in [0, 0.1) is 6.92 Å². The lowest BCUT2D eigenvalue weighted by atomic mass is 10.2. The Hall–Kier alpha value is -0.480. The van der Waals surface area contributed by atoms with E-state index < -0.39 is 0 Å². The third kappa shape index (κ3) is 3.04. The smallest absolute Gasteiger partial charge is 0.0998 e. The van der Waals surface area contributed by atoms with Crippen molar-refractivity contribution < 1.29 is 0 Å². The summed E-state index contributed by atoms with van der Waals surface area (Å²) in [5.41, 5.74) is 6.66. The van der Waals surface area contributed by atoms with Crippen LogP contribution in [0.3, 0.4) is 0 Å². The van der Waals surface area contributed by atoms with Crippen LogP contribution < -0.4 is 5.73 Å². The Morgan fingerprint density at radius 2 is 2.31 bits per heavy atom. The van der Waals surface area contributed by atoms with Crippen molar-refractivity contribution in [1.82, 2.24) is 4.98 Å². The third-order valence-corrected chi connectivity index (χ3v) is 2.91. The predicted molar refractivity (Wildman–Crippen MR) is 61.3 cm³/mol. The molecule has 1 aromatic rings. The van der Waals surface area contributed by atoms with E-state index in [1.807, 2.05) is 0 Å². The quantitative estimate of drug-likeness (QED) is 0.781. The molecule has 0 atom stereocenters. The van der Waals surface area contributed by atoms with Gasteiger partial charge in [0.2, 0.25) is 0 Å². The number of nitrogens with two attached hydrogens (primary N) is 1. The van der Waals surface area contributed by atoms with Crippen LogP contribution in [0.15, 0.2) is 0 Å². The molecule has 4 heteroatoms. The van der Waals surface area contributed by atoms with Gasteiger partial charge in [-0.05, 0) is 13.3 Å². The van der Waals surface area contributed by atoms with E-state index in [0.717, 1.165) is 17.8 Å². The van der Waals surface area contributed by atoms with Gasteiger partial charge in [0.05, 0.1) is 15.7 Å². The minimum atomic E-state index is 0.525. The standard InChI is InChI=1S/C9H14N2S2/c1-3-4-7-6(2)13-9(11-7)5-8(10)12/h3-5H2,1-2H3,(H2,10,12). The van der Waals surface area contributed by atoms with E-state index in [-0.39, 0.29) is 0 Å². The molecule has 2 nitrogen and oxygen atoms in total. The monoisotopic (exact) mass is 214 g/mol. The molecule has 2 N–H and O–H groups in total. The van der Waals surface area contributed by atoms with Crippen LogP contribution in [-0.4, -0.2) is 9.97 Å². The van der Waals surface area contributed by atoms with Crippen LogP contribution in [0.1, 0.15) is 28.9 Å². The second kappa shape index (κ2) is 4.67. The zero-order valence-corrected chi connectivity index (χ0v) is 9.60. The van der Waals surface area contributed by atoms with E-state index in [1.165, 1.54) is 10.6 Å². The lowest BCUT2D eigenvalue weighted by Crippen LogP contribution is -2.10. The number of hydrogen-bond donors (Lipinski definition) is 1. The number of rotatable bonds is 4. The first-order valence-corrected chi connectivity index (χ1v) is 5.59. The van der Waals surface area contributed by atoms with Crippen molar-refractivity contribution in [3.8, 4) is 0 Å². The number of aromatic nitrogens is 1. The van der Waals surface area contributed by atoms with Gasteiger partial charge in [0.1, 0.15) is 0 Å². The van der Waals surface area contributed by atoms with Gasteiger partial charge in [-0.3, -0.25) is 0 Å². The Morgan fingerprint density at radius 3 is 2.85 bits per heavy atom. The number of nitrogens with zero attached hydrogens (tertiary/aromatic N) is 1. The summed E-state index contributed by atoms with van der Waals surface area (Å²) in [4.78, 5) is 6.31. The molecular weight excluding hydrogens is 200 g/mol. The largest absolute Gasteiger partial charge is 0.393 e. The molecule has 0 bridgehead atoms. The average molecular weight is 214 g/mol. The molecular formula is C9H14N2S2. The summed E-state index contributed by atoms with van der Waals surface area (Å²) < 4.78 is 0. The Kier molecular flexibility index (Phi) is 3.81. The van der Waals surface area contributed by atoms with Gasteiger partial charge in [-0.25, -0.2) is 4.98 Å². The van der Waals surface area contributed by atoms with Gasteiger partial charge in [-0.15, -0.1) is 11.3 Å². The van der Waals surface area contributed by atoms with Crippen molar-refractivity contribution in [2.24, 2.45) is 5.73 Å². The minimum absolute atomic E-state index is 0.525. The SMILES string of the molecule is CCCc1nc(CC(N)=S)sc1C. The van der Waals surface area contributed by atoms with Crippen LogP contribution in [-0.2, 0) is 12.8 Å². The Morgan fingerprint density at radius 1 is 1.62 bits per heavy atom. The highest BCUT2D eigenvalue weighted by atomic mass is 32.1. The molecule has 0 spiro atoms. The summed E-state index contributed by atoms with van der Waals surface area (Å²) in [5.74, 6) is 0. The molecule has 1 heterocycles. The molecule has 0 radical (unpaired) electrons. The van der Waals surface area contributed by atoms with Gasteiger partial charge in [0, 0.05) is 11.3 Å². The third-order valence-electron chi connectivity index (χ3n) is 1.75. The van der Waals surface area contributed by atoms with Gasteiger partial charge in [0.15, 0.2) is 0 Å². The van der Waals surface area contributed by atoms with E-state index in [0.29, 0.717) is 11.4 Å². The van der Waals surface area contributed by atoms with Crippen LogP contribution in [0.5, 0.6) is 0 Å². The average Bonchev–Trinajstić information content (AvgIpc) is 2.31. The normalized spacial score (nSPS) is 10.3. The summed E-state index contributed by atoms with van der Waals surface area (Å²) in [5, 5.41) is 1.05. The fourth-order valence-corrected chi connectivity index (χ4v) is 2.41. The lowest BCUT2D eigenvalue weighted by Gasteiger charge is -1.92. The molecule has 0 aliphatic heterocycles. The zero-order valence-electron chi connectivity index (χ0n) is 7.96. The molecule has 72 valence electrons. The maximum atomic E-state index is 5.46. The highest BCUT2D eigenvalue weighted by molar-refractivity contribution is 7.80. The van der Waals surface area contributed by atoms with E-state index >= 15 is 0 Å². The lowest BCUT2D eigenvalue weighted by molar-refractivity contribution is 0.878. The number of thiazole rings is 1. The molecule has 1 aromatic heterocycles. The topological polar surface area (TPSA) is 38.9 Å². The van der Waals surface area contributed by atoms with Gasteiger partial charge >= 0.3 is 0 Å². The first kappa shape index (κ1) is 10.6. The molecule has 0 fully saturated rings. The first-order chi connectivity index (χ1) is 6.13. The first-order valence-electron chi connectivity index (χ1n) is 4.37. The fourth-order valence-electron chi connectivity index (χ4n) is 1.18. The van der Waals surface area contributed by atoms with Crippen molar-refractivity contribution in [2.75, 3.05) is 0 Å².